The number of hydrogen-bond acceptors (Lipinski definition) is 6. The summed E-state index contributed by atoms with van der Waals surface area (Å²) in [6.45, 7) is 7.34. The van der Waals surface area contributed by atoms with Crippen LogP contribution >= 0.6 is 23.2 Å². The van der Waals surface area contributed by atoms with Crippen molar-refractivity contribution < 1.29 is 14.3 Å². The van der Waals surface area contributed by atoms with E-state index in [0.717, 1.165) is 49.4 Å². The van der Waals surface area contributed by atoms with E-state index in [1.54, 1.807) is 6.07 Å². The van der Waals surface area contributed by atoms with Gasteiger partial charge < -0.3 is 24.6 Å². The van der Waals surface area contributed by atoms with Crippen molar-refractivity contribution in [3.8, 4) is 22.6 Å². The molecule has 38 heavy (non-hydrogen) atoms. The summed E-state index contributed by atoms with van der Waals surface area (Å²) in [5.41, 5.74) is 3.75. The zero-order valence-corrected chi connectivity index (χ0v) is 23.0. The van der Waals surface area contributed by atoms with E-state index >= 15 is 0 Å². The average Bonchev–Trinajstić information content (AvgIpc) is 3.35. The Bertz CT molecular complexity index is 1440. The van der Waals surface area contributed by atoms with Crippen molar-refractivity contribution in [3.05, 3.63) is 64.1 Å². The Kier molecular flexibility index (Phi) is 7.65. The molecule has 0 radical (unpaired) electrons. The number of carbonyl (C=O) groups is 1. The Labute approximate surface area is 231 Å². The van der Waals surface area contributed by atoms with Crippen LogP contribution in [0.4, 0.5) is 11.5 Å². The molecule has 0 bridgehead atoms. The second-order valence-corrected chi connectivity index (χ2v) is 9.79. The van der Waals surface area contributed by atoms with E-state index in [2.05, 4.69) is 32.2 Å². The first-order chi connectivity index (χ1) is 18.4. The number of nitrogens with zero attached hydrogens (tertiary/aromatic N) is 3. The molecule has 1 fully saturated rings. The number of hydrogen-bond donors (Lipinski definition) is 2. The first-order valence-corrected chi connectivity index (χ1v) is 13.2. The minimum Gasteiger partial charge on any atom is -0.495 e. The predicted octanol–water partition coefficient (Wildman–Crippen LogP) is 5.95. The molecule has 0 aliphatic carbocycles. The largest absolute Gasteiger partial charge is 0.495 e. The molecule has 2 N–H and O–H groups in total. The molecule has 10 heteroatoms. The molecular formula is C28H29Cl2N5O3. The molecule has 0 unspecified atom stereocenters. The minimum atomic E-state index is -0.228. The highest BCUT2D eigenvalue weighted by Crippen LogP contribution is 2.46. The maximum atomic E-state index is 13.0. The number of ether oxygens (including phenoxy) is 2. The zero-order valence-electron chi connectivity index (χ0n) is 21.5. The predicted molar refractivity (Wildman–Crippen MR) is 153 cm³/mol. The first kappa shape index (κ1) is 26.2. The number of H-pyrrole nitrogens is 1. The number of nitrogens with one attached hydrogen (secondary N) is 2. The van der Waals surface area contributed by atoms with Crippen LogP contribution < -0.4 is 19.7 Å². The molecule has 198 valence electrons. The summed E-state index contributed by atoms with van der Waals surface area (Å²) in [4.78, 5) is 17.8. The van der Waals surface area contributed by atoms with Crippen molar-refractivity contribution in [3.63, 3.8) is 0 Å². The van der Waals surface area contributed by atoms with Gasteiger partial charge in [0.1, 0.15) is 11.5 Å². The lowest BCUT2D eigenvalue weighted by molar-refractivity contribution is 0.102. The second kappa shape index (κ2) is 11.1. The molecular weight excluding hydrogens is 525 g/mol. The van der Waals surface area contributed by atoms with Gasteiger partial charge >= 0.3 is 0 Å². The third kappa shape index (κ3) is 4.99. The quantitative estimate of drug-likeness (QED) is 0.294. The lowest BCUT2D eigenvalue weighted by Crippen LogP contribution is -2.46. The lowest BCUT2D eigenvalue weighted by Gasteiger charge is -2.35. The summed E-state index contributed by atoms with van der Waals surface area (Å²) in [7, 11) is 3.07. The van der Waals surface area contributed by atoms with Crippen LogP contribution in [0.25, 0.3) is 22.0 Å². The van der Waals surface area contributed by atoms with E-state index in [1.807, 2.05) is 42.5 Å². The zero-order chi connectivity index (χ0) is 26.8. The summed E-state index contributed by atoms with van der Waals surface area (Å²) in [5, 5.41) is 11.7. The number of benzene rings is 3. The fraction of sp³-hybridized carbons (Fsp3) is 0.286. The third-order valence-electron chi connectivity index (χ3n) is 6.97. The standard InChI is InChI=1S/C28H29Cl2N5O3/c1-4-34-11-13-35(14-12-34)19-8-5-17(6-9-19)28(36)31-27-20-10-7-18(15-21(20)32-33-27)24-25(29)22(37-2)16-23(38-3)26(24)30/h5-10,15-16H,4,11-14H2,1-3H3,(H2,31,32,33,36). The summed E-state index contributed by atoms with van der Waals surface area (Å²) in [6.07, 6.45) is 0. The molecule has 0 atom stereocenters. The van der Waals surface area contributed by atoms with Crippen molar-refractivity contribution in [1.82, 2.24) is 15.1 Å². The van der Waals surface area contributed by atoms with E-state index < -0.39 is 0 Å². The van der Waals surface area contributed by atoms with Gasteiger partial charge in [-0.05, 0) is 48.5 Å². The highest BCUT2D eigenvalue weighted by atomic mass is 35.5. The summed E-state index contributed by atoms with van der Waals surface area (Å²) < 4.78 is 10.8. The van der Waals surface area contributed by atoms with Gasteiger partial charge in [-0.3, -0.25) is 9.89 Å². The SMILES string of the molecule is CCN1CCN(c2ccc(C(=O)Nc3n[nH]c4cc(-c5c(Cl)c(OC)cc(OC)c5Cl)ccc34)cc2)CC1. The number of carbonyl (C=O) groups excluding carboxylic acids is 1. The van der Waals surface area contributed by atoms with Crippen LogP contribution in [0.2, 0.25) is 10.0 Å². The molecule has 1 aromatic heterocycles. The van der Waals surface area contributed by atoms with Crippen LogP contribution in [-0.2, 0) is 0 Å². The molecule has 8 nitrogen and oxygen atoms in total. The number of piperazine rings is 1. The highest BCUT2D eigenvalue weighted by molar-refractivity contribution is 6.41. The van der Waals surface area contributed by atoms with Gasteiger partial charge in [0.25, 0.3) is 5.91 Å². The monoisotopic (exact) mass is 553 g/mol. The molecule has 0 spiro atoms. The van der Waals surface area contributed by atoms with E-state index in [-0.39, 0.29) is 5.91 Å². The summed E-state index contributed by atoms with van der Waals surface area (Å²) >= 11 is 13.2. The smallest absolute Gasteiger partial charge is 0.256 e. The number of likely N-dealkylation sites (N-methyl/N-ethyl adjacent to an activating group) is 1. The Hall–Kier alpha value is -3.46. The Morgan fingerprint density at radius 3 is 2.24 bits per heavy atom. The van der Waals surface area contributed by atoms with Crippen LogP contribution in [0.1, 0.15) is 17.3 Å². The van der Waals surface area contributed by atoms with E-state index in [0.29, 0.717) is 44.0 Å². The Morgan fingerprint density at radius 2 is 1.63 bits per heavy atom. The number of aromatic nitrogens is 2. The number of amides is 1. The topological polar surface area (TPSA) is 82.7 Å². The molecule has 0 saturated carbocycles. The number of fused-ring (bicyclic) bond motifs is 1. The average molecular weight is 554 g/mol. The first-order valence-electron chi connectivity index (χ1n) is 12.4. The van der Waals surface area contributed by atoms with Crippen LogP contribution in [0.15, 0.2) is 48.5 Å². The van der Waals surface area contributed by atoms with Gasteiger partial charge in [0.15, 0.2) is 5.82 Å². The lowest BCUT2D eigenvalue weighted by atomic mass is 10.0. The van der Waals surface area contributed by atoms with E-state index in [4.69, 9.17) is 32.7 Å². The van der Waals surface area contributed by atoms with Crippen molar-refractivity contribution in [1.29, 1.82) is 0 Å². The molecule has 2 heterocycles. The van der Waals surface area contributed by atoms with Crippen molar-refractivity contribution in [2.45, 2.75) is 6.92 Å². The maximum Gasteiger partial charge on any atom is 0.256 e. The third-order valence-corrected chi connectivity index (χ3v) is 7.72. The van der Waals surface area contributed by atoms with Crippen molar-refractivity contribution in [2.75, 3.05) is 57.2 Å². The Morgan fingerprint density at radius 1 is 0.974 bits per heavy atom. The molecule has 1 aliphatic heterocycles. The molecule has 1 amide bonds. The van der Waals surface area contributed by atoms with Crippen LogP contribution in [0.5, 0.6) is 11.5 Å². The fourth-order valence-electron chi connectivity index (χ4n) is 4.74. The minimum absolute atomic E-state index is 0.228. The number of methoxy groups -OCH3 is 2. The highest BCUT2D eigenvalue weighted by Gasteiger charge is 2.20. The fourth-order valence-corrected chi connectivity index (χ4v) is 5.45. The summed E-state index contributed by atoms with van der Waals surface area (Å²) in [5.74, 6) is 1.12. The summed E-state index contributed by atoms with van der Waals surface area (Å²) in [6, 6.07) is 15.0. The van der Waals surface area contributed by atoms with Gasteiger partial charge in [0.05, 0.1) is 29.8 Å². The molecule has 1 aliphatic rings. The number of rotatable bonds is 7. The maximum absolute atomic E-state index is 13.0. The van der Waals surface area contributed by atoms with Crippen LogP contribution in [-0.4, -0.2) is 67.9 Å². The number of anilines is 2. The van der Waals surface area contributed by atoms with E-state index in [9.17, 15) is 4.79 Å². The van der Waals surface area contributed by atoms with Crippen molar-refractivity contribution >= 4 is 51.5 Å². The normalized spacial score (nSPS) is 14.1. The number of aromatic amines is 1. The van der Waals surface area contributed by atoms with Gasteiger partial charge in [-0.2, -0.15) is 5.10 Å². The van der Waals surface area contributed by atoms with Gasteiger partial charge in [-0.15, -0.1) is 0 Å². The molecule has 5 rings (SSSR count). The van der Waals surface area contributed by atoms with Gasteiger partial charge in [-0.1, -0.05) is 36.2 Å². The molecule has 1 saturated heterocycles. The molecule has 4 aromatic rings. The number of halogens is 2. The van der Waals surface area contributed by atoms with Gasteiger partial charge in [0.2, 0.25) is 0 Å². The van der Waals surface area contributed by atoms with Crippen LogP contribution in [0, 0.1) is 0 Å². The molecule has 3 aromatic carbocycles. The van der Waals surface area contributed by atoms with Gasteiger partial charge in [0, 0.05) is 54.4 Å². The van der Waals surface area contributed by atoms with E-state index in [1.165, 1.54) is 14.2 Å². The Balaban J connectivity index is 1.35. The van der Waals surface area contributed by atoms with Gasteiger partial charge in [-0.25, -0.2) is 0 Å². The second-order valence-electron chi connectivity index (χ2n) is 9.04. The van der Waals surface area contributed by atoms with Crippen molar-refractivity contribution in [2.24, 2.45) is 0 Å². The van der Waals surface area contributed by atoms with Crippen LogP contribution in [0.3, 0.4) is 0 Å².